The van der Waals surface area contributed by atoms with Gasteiger partial charge in [0.25, 0.3) is 5.92 Å². The first-order valence-corrected chi connectivity index (χ1v) is 21.9. The van der Waals surface area contributed by atoms with Gasteiger partial charge in [-0.3, -0.25) is 23.9 Å². The maximum atomic E-state index is 16.3. The van der Waals surface area contributed by atoms with Crippen LogP contribution in [0.25, 0.3) is 11.0 Å². The van der Waals surface area contributed by atoms with Crippen LogP contribution < -0.4 is 14.2 Å². The number of carbonyl (C=O) groups is 4. The zero-order valence-electron chi connectivity index (χ0n) is 34.5. The number of benzene rings is 1. The fourth-order valence-electron chi connectivity index (χ4n) is 8.60. The SMILES string of the molecule is CC[C@@H]1[C@@H]2CN(C(=O)[C@H](C(C)(C)C)CC(=O)O[C@@H]3C[C@H]3OCCCC(F)(F)c3nc4ccc(OC)cc4nc3O2)[C@@H]1C(=O)C[C@]1(C(=O)NS(=O)(=O)C2(C)CC2)C[C@H]1C(F)F. The van der Waals surface area contributed by atoms with E-state index in [4.69, 9.17) is 18.9 Å². The molecule has 0 radical (unpaired) electrons. The lowest BCUT2D eigenvalue weighted by atomic mass is 9.77. The molecule has 3 saturated carbocycles. The van der Waals surface area contributed by atoms with Crippen LogP contribution in [0.4, 0.5) is 17.6 Å². The van der Waals surface area contributed by atoms with Crippen molar-refractivity contribution in [3.8, 4) is 11.6 Å². The zero-order valence-corrected chi connectivity index (χ0v) is 35.3. The minimum absolute atomic E-state index is 0.0672. The fourth-order valence-corrected chi connectivity index (χ4v) is 9.93. The molecule has 1 aromatic heterocycles. The van der Waals surface area contributed by atoms with Crippen molar-refractivity contribution >= 4 is 44.6 Å². The molecule has 1 N–H and O–H groups in total. The van der Waals surface area contributed by atoms with E-state index in [1.54, 1.807) is 33.8 Å². The Morgan fingerprint density at radius 1 is 1.05 bits per heavy atom. The molecule has 3 heterocycles. The van der Waals surface area contributed by atoms with Crippen LogP contribution in [0.15, 0.2) is 18.2 Å². The number of methoxy groups -OCH3 is 1. The predicted octanol–water partition coefficient (Wildman–Crippen LogP) is 5.49. The summed E-state index contributed by atoms with van der Waals surface area (Å²) in [7, 11) is -2.85. The first-order chi connectivity index (χ1) is 28.0. The molecule has 2 bridgehead atoms. The van der Waals surface area contributed by atoms with E-state index in [1.807, 2.05) is 4.72 Å². The summed E-state index contributed by atoms with van der Waals surface area (Å²) in [5.74, 6) is -11.0. The molecule has 0 spiro atoms. The molecule has 7 rings (SSSR count). The summed E-state index contributed by atoms with van der Waals surface area (Å²) in [6, 6.07) is 3.04. The third-order valence-electron chi connectivity index (χ3n) is 13.0. The highest BCUT2D eigenvalue weighted by atomic mass is 32.2. The number of hydrogen-bond acceptors (Lipinski definition) is 12. The molecule has 330 valence electrons. The molecule has 1 saturated heterocycles. The van der Waals surface area contributed by atoms with E-state index >= 15 is 8.78 Å². The Balaban J connectivity index is 1.30. The Labute approximate surface area is 345 Å². The van der Waals surface area contributed by atoms with Crippen molar-refractivity contribution in [3.63, 3.8) is 0 Å². The average Bonchev–Trinajstić information content (AvgIpc) is 4.12. The van der Waals surface area contributed by atoms with Crippen LogP contribution in [0, 0.1) is 28.6 Å². The van der Waals surface area contributed by atoms with E-state index < -0.39 is 141 Å². The summed E-state index contributed by atoms with van der Waals surface area (Å²) >= 11 is 0. The molecule has 60 heavy (non-hydrogen) atoms. The number of amides is 2. The Kier molecular flexibility index (Phi) is 11.5. The molecular weight excluding hydrogens is 817 g/mol. The highest BCUT2D eigenvalue weighted by molar-refractivity contribution is 7.91. The second kappa shape index (κ2) is 15.6. The number of halogens is 4. The lowest BCUT2D eigenvalue weighted by Crippen LogP contribution is -2.50. The number of sulfonamides is 1. The van der Waals surface area contributed by atoms with Crippen LogP contribution in [0.2, 0.25) is 0 Å². The van der Waals surface area contributed by atoms with E-state index in [2.05, 4.69) is 9.97 Å². The summed E-state index contributed by atoms with van der Waals surface area (Å²) in [6.07, 6.45) is -7.01. The quantitative estimate of drug-likeness (QED) is 0.248. The molecule has 5 aliphatic rings. The second-order valence-corrected chi connectivity index (χ2v) is 20.5. The number of hydrogen-bond donors (Lipinski definition) is 1. The Bertz CT molecular complexity index is 2170. The van der Waals surface area contributed by atoms with Crippen LogP contribution in [-0.2, 0) is 44.6 Å². The Morgan fingerprint density at radius 3 is 2.38 bits per heavy atom. The van der Waals surface area contributed by atoms with Crippen molar-refractivity contribution in [3.05, 3.63) is 23.9 Å². The van der Waals surface area contributed by atoms with Gasteiger partial charge >= 0.3 is 5.97 Å². The summed E-state index contributed by atoms with van der Waals surface area (Å²) in [4.78, 5) is 66.7. The molecule has 1 aromatic carbocycles. The van der Waals surface area contributed by atoms with Gasteiger partial charge in [-0.1, -0.05) is 27.7 Å². The zero-order chi connectivity index (χ0) is 43.7. The third-order valence-corrected chi connectivity index (χ3v) is 15.1. The van der Waals surface area contributed by atoms with Gasteiger partial charge in [-0.15, -0.1) is 0 Å². The molecule has 0 unspecified atom stereocenters. The van der Waals surface area contributed by atoms with Crippen molar-refractivity contribution in [2.45, 2.75) is 134 Å². The number of carbonyl (C=O) groups excluding carboxylic acids is 4. The van der Waals surface area contributed by atoms with Crippen LogP contribution in [-0.4, -0.2) is 103 Å². The maximum absolute atomic E-state index is 16.3. The van der Waals surface area contributed by atoms with Crippen molar-refractivity contribution < 1.29 is 64.1 Å². The number of ketones is 1. The molecular formula is C41H52F4N4O10S. The number of ether oxygens (including phenoxy) is 4. The highest BCUT2D eigenvalue weighted by Gasteiger charge is 2.67. The second-order valence-electron chi connectivity index (χ2n) is 18.3. The summed E-state index contributed by atoms with van der Waals surface area (Å²) in [6.45, 7) is 7.83. The van der Waals surface area contributed by atoms with Crippen LogP contribution in [0.1, 0.15) is 98.1 Å². The number of Topliss-reactive ketones (excluding diaryl/α,β-unsaturated/α-hetero) is 1. The van der Waals surface area contributed by atoms with Gasteiger partial charge < -0.3 is 23.8 Å². The van der Waals surface area contributed by atoms with Crippen LogP contribution >= 0.6 is 0 Å². The first-order valence-electron chi connectivity index (χ1n) is 20.4. The number of fused-ring (bicyclic) bond motifs is 5. The average molecular weight is 869 g/mol. The summed E-state index contributed by atoms with van der Waals surface area (Å²) in [5, 5.41) is 0. The van der Waals surface area contributed by atoms with E-state index in [-0.39, 0.29) is 49.9 Å². The van der Waals surface area contributed by atoms with Gasteiger partial charge in [-0.05, 0) is 56.6 Å². The van der Waals surface area contributed by atoms with Crippen molar-refractivity contribution in [1.82, 2.24) is 19.6 Å². The topological polar surface area (TPSA) is 180 Å². The van der Waals surface area contributed by atoms with Gasteiger partial charge in [0.1, 0.15) is 18.0 Å². The Hall–Kier alpha value is -4.13. The molecule has 4 fully saturated rings. The highest BCUT2D eigenvalue weighted by Crippen LogP contribution is 2.59. The fraction of sp³-hybridized carbons (Fsp3) is 0.707. The van der Waals surface area contributed by atoms with Crippen LogP contribution in [0.3, 0.4) is 0 Å². The van der Waals surface area contributed by atoms with Gasteiger partial charge in [0.05, 0.1) is 59.3 Å². The van der Waals surface area contributed by atoms with Crippen LogP contribution in [0.5, 0.6) is 11.6 Å². The minimum atomic E-state index is -4.27. The molecule has 2 aliphatic heterocycles. The Morgan fingerprint density at radius 2 is 1.77 bits per heavy atom. The molecule has 3 aliphatic carbocycles. The van der Waals surface area contributed by atoms with Gasteiger partial charge in [-0.2, -0.15) is 8.78 Å². The number of alkyl halides is 4. The molecule has 2 amide bonds. The van der Waals surface area contributed by atoms with E-state index in [0.717, 1.165) is 0 Å². The third kappa shape index (κ3) is 8.40. The first kappa shape index (κ1) is 43.9. The van der Waals surface area contributed by atoms with Gasteiger partial charge in [0.15, 0.2) is 11.5 Å². The van der Waals surface area contributed by atoms with E-state index in [1.165, 1.54) is 31.1 Å². The number of nitrogens with one attached hydrogen (secondary N) is 1. The van der Waals surface area contributed by atoms with Gasteiger partial charge in [0, 0.05) is 43.8 Å². The predicted molar refractivity (Wildman–Crippen MR) is 206 cm³/mol. The van der Waals surface area contributed by atoms with E-state index in [0.29, 0.717) is 12.2 Å². The number of rotatable bonds is 9. The maximum Gasteiger partial charge on any atom is 0.306 e. The standard InChI is InChI=1S/C41H52F4N4O10S/c1-7-22-30-20-49(32(22)27(50)19-40(18-24(40)34(42)43)37(53)48-60(54,55)39(5)12-13-39)36(52)23(38(2,3)4)16-31(51)58-29-17-28(29)57-14-8-11-41(44,45)33-35(59-30)47-26-15-21(56-6)9-10-25(26)46-33/h9-10,15,22-24,28-30,32,34H,7-8,11-14,16-20H2,1-6H3,(H,48,53)/t22-,23-,24+,28-,29-,30+,32+,40-/m1/s1. The lowest BCUT2D eigenvalue weighted by molar-refractivity contribution is -0.155. The van der Waals surface area contributed by atoms with Gasteiger partial charge in [-0.25, -0.2) is 27.2 Å². The van der Waals surface area contributed by atoms with Crippen molar-refractivity contribution in [2.24, 2.45) is 28.6 Å². The summed E-state index contributed by atoms with van der Waals surface area (Å²) in [5.41, 5.74) is -3.52. The van der Waals surface area contributed by atoms with Crippen molar-refractivity contribution in [1.29, 1.82) is 0 Å². The largest absolute Gasteiger partial charge is 0.497 e. The number of aromatic nitrogens is 2. The molecule has 8 atom stereocenters. The smallest absolute Gasteiger partial charge is 0.306 e. The molecule has 19 heteroatoms. The number of nitrogens with zero attached hydrogens (tertiary/aromatic N) is 3. The normalized spacial score (nSPS) is 31.5. The minimum Gasteiger partial charge on any atom is -0.497 e. The lowest BCUT2D eigenvalue weighted by Gasteiger charge is -2.35. The van der Waals surface area contributed by atoms with Crippen molar-refractivity contribution in [2.75, 3.05) is 20.3 Å². The molecule has 14 nitrogen and oxygen atoms in total. The summed E-state index contributed by atoms with van der Waals surface area (Å²) < 4.78 is 111. The molecule has 2 aromatic rings. The number of esters is 1. The van der Waals surface area contributed by atoms with Gasteiger partial charge in [0.2, 0.25) is 34.1 Å². The monoisotopic (exact) mass is 868 g/mol. The van der Waals surface area contributed by atoms with E-state index in [9.17, 15) is 36.4 Å².